The van der Waals surface area contributed by atoms with Crippen LogP contribution in [0.25, 0.3) is 0 Å². The molecule has 1 rings (SSSR count). The summed E-state index contributed by atoms with van der Waals surface area (Å²) in [6.45, 7) is 9.20. The molecule has 0 aliphatic rings. The van der Waals surface area contributed by atoms with Gasteiger partial charge in [-0.3, -0.25) is 4.79 Å². The molecule has 1 amide bonds. The van der Waals surface area contributed by atoms with E-state index in [4.69, 9.17) is 0 Å². The molecule has 0 aromatic carbocycles. The molecule has 0 spiro atoms. The SMILES string of the molecule is CCNc1nccc(NCCC(=O)NC(C)(C)C)n1. The molecule has 6 nitrogen and oxygen atoms in total. The molecule has 1 aromatic heterocycles. The molecule has 0 aliphatic carbocycles. The molecular weight excluding hydrogens is 242 g/mol. The van der Waals surface area contributed by atoms with Crippen LogP contribution in [0.15, 0.2) is 12.3 Å². The maximum Gasteiger partial charge on any atom is 0.224 e. The summed E-state index contributed by atoms with van der Waals surface area (Å²) in [6.07, 6.45) is 2.10. The number of carbonyl (C=O) groups excluding carboxylic acids is 1. The van der Waals surface area contributed by atoms with Gasteiger partial charge in [-0.05, 0) is 33.8 Å². The van der Waals surface area contributed by atoms with E-state index in [-0.39, 0.29) is 11.4 Å². The molecule has 0 radical (unpaired) electrons. The van der Waals surface area contributed by atoms with Crippen LogP contribution in [0.5, 0.6) is 0 Å². The van der Waals surface area contributed by atoms with Gasteiger partial charge < -0.3 is 16.0 Å². The zero-order valence-corrected chi connectivity index (χ0v) is 12.1. The van der Waals surface area contributed by atoms with Crippen LogP contribution in [-0.2, 0) is 4.79 Å². The van der Waals surface area contributed by atoms with E-state index < -0.39 is 0 Å². The van der Waals surface area contributed by atoms with Crippen molar-refractivity contribution in [3.05, 3.63) is 12.3 Å². The van der Waals surface area contributed by atoms with Gasteiger partial charge in [-0.25, -0.2) is 4.98 Å². The lowest BCUT2D eigenvalue weighted by atomic mass is 10.1. The predicted molar refractivity (Wildman–Crippen MR) is 77.2 cm³/mol. The molecule has 19 heavy (non-hydrogen) atoms. The number of rotatable bonds is 6. The summed E-state index contributed by atoms with van der Waals surface area (Å²) < 4.78 is 0. The molecule has 0 fully saturated rings. The molecule has 106 valence electrons. The largest absolute Gasteiger partial charge is 0.369 e. The Kier molecular flexibility index (Phi) is 5.54. The Balaban J connectivity index is 2.36. The summed E-state index contributed by atoms with van der Waals surface area (Å²) in [4.78, 5) is 20.0. The molecule has 1 aromatic rings. The molecule has 0 saturated carbocycles. The van der Waals surface area contributed by atoms with Gasteiger partial charge in [0.2, 0.25) is 11.9 Å². The number of hydrogen-bond donors (Lipinski definition) is 3. The Hall–Kier alpha value is -1.85. The predicted octanol–water partition coefficient (Wildman–Crippen LogP) is 1.63. The highest BCUT2D eigenvalue weighted by atomic mass is 16.1. The second kappa shape index (κ2) is 6.92. The Morgan fingerprint density at radius 2 is 2.05 bits per heavy atom. The van der Waals surface area contributed by atoms with Crippen LogP contribution in [0.2, 0.25) is 0 Å². The summed E-state index contributed by atoms with van der Waals surface area (Å²) in [5.74, 6) is 1.34. The van der Waals surface area contributed by atoms with Crippen molar-refractivity contribution < 1.29 is 4.79 Å². The number of aromatic nitrogens is 2. The average molecular weight is 265 g/mol. The maximum absolute atomic E-state index is 11.6. The number of carbonyl (C=O) groups is 1. The van der Waals surface area contributed by atoms with Gasteiger partial charge in [-0.2, -0.15) is 4.98 Å². The van der Waals surface area contributed by atoms with E-state index in [0.717, 1.165) is 12.4 Å². The van der Waals surface area contributed by atoms with E-state index in [1.54, 1.807) is 12.3 Å². The van der Waals surface area contributed by atoms with Crippen LogP contribution in [0.4, 0.5) is 11.8 Å². The molecule has 3 N–H and O–H groups in total. The Morgan fingerprint density at radius 3 is 2.68 bits per heavy atom. The monoisotopic (exact) mass is 265 g/mol. The van der Waals surface area contributed by atoms with Crippen LogP contribution in [0.1, 0.15) is 34.1 Å². The zero-order valence-electron chi connectivity index (χ0n) is 12.1. The first kappa shape index (κ1) is 15.2. The number of anilines is 2. The lowest BCUT2D eigenvalue weighted by Gasteiger charge is -2.20. The van der Waals surface area contributed by atoms with Gasteiger partial charge in [0.1, 0.15) is 5.82 Å². The molecular formula is C13H23N5O. The zero-order chi connectivity index (χ0) is 14.3. The van der Waals surface area contributed by atoms with Crippen molar-refractivity contribution >= 4 is 17.7 Å². The second-order valence-electron chi connectivity index (χ2n) is 5.27. The molecule has 0 unspecified atom stereocenters. The van der Waals surface area contributed by atoms with Crippen LogP contribution < -0.4 is 16.0 Å². The van der Waals surface area contributed by atoms with Gasteiger partial charge in [-0.1, -0.05) is 0 Å². The van der Waals surface area contributed by atoms with E-state index in [1.807, 2.05) is 27.7 Å². The maximum atomic E-state index is 11.6. The van der Waals surface area contributed by atoms with Crippen molar-refractivity contribution in [1.82, 2.24) is 15.3 Å². The standard InChI is InChI=1S/C13H23N5O/c1-5-14-12-16-8-6-10(17-12)15-9-7-11(19)18-13(2,3)4/h6,8H,5,7,9H2,1-4H3,(H,18,19)(H2,14,15,16,17). The van der Waals surface area contributed by atoms with Crippen molar-refractivity contribution in [2.75, 3.05) is 23.7 Å². The average Bonchev–Trinajstić information content (AvgIpc) is 2.27. The van der Waals surface area contributed by atoms with Crippen LogP contribution in [0, 0.1) is 0 Å². The number of nitrogens with zero attached hydrogens (tertiary/aromatic N) is 2. The first-order valence-corrected chi connectivity index (χ1v) is 6.52. The van der Waals surface area contributed by atoms with Crippen molar-refractivity contribution in [2.24, 2.45) is 0 Å². The summed E-state index contributed by atoms with van der Waals surface area (Å²) >= 11 is 0. The summed E-state index contributed by atoms with van der Waals surface area (Å²) in [6, 6.07) is 1.78. The fourth-order valence-corrected chi connectivity index (χ4v) is 1.49. The minimum Gasteiger partial charge on any atom is -0.369 e. The fraction of sp³-hybridized carbons (Fsp3) is 0.615. The van der Waals surface area contributed by atoms with Crippen LogP contribution in [0.3, 0.4) is 0 Å². The van der Waals surface area contributed by atoms with E-state index in [1.165, 1.54) is 0 Å². The minimum atomic E-state index is -0.190. The highest BCUT2D eigenvalue weighted by Crippen LogP contribution is 2.05. The molecule has 6 heteroatoms. The summed E-state index contributed by atoms with van der Waals surface area (Å²) in [5.41, 5.74) is -0.190. The van der Waals surface area contributed by atoms with E-state index in [9.17, 15) is 4.79 Å². The Morgan fingerprint density at radius 1 is 1.32 bits per heavy atom. The summed E-state index contributed by atoms with van der Waals surface area (Å²) in [5, 5.41) is 9.06. The molecule has 0 saturated heterocycles. The first-order valence-electron chi connectivity index (χ1n) is 6.52. The molecule has 0 bridgehead atoms. The van der Waals surface area contributed by atoms with Crippen molar-refractivity contribution in [1.29, 1.82) is 0 Å². The lowest BCUT2D eigenvalue weighted by Crippen LogP contribution is -2.41. The van der Waals surface area contributed by atoms with Gasteiger partial charge in [0.05, 0.1) is 0 Å². The third-order valence-corrected chi connectivity index (χ3v) is 2.16. The third kappa shape index (κ3) is 6.59. The van der Waals surface area contributed by atoms with Gasteiger partial charge in [0, 0.05) is 31.2 Å². The first-order chi connectivity index (χ1) is 8.90. The van der Waals surface area contributed by atoms with E-state index in [2.05, 4.69) is 25.9 Å². The molecule has 0 atom stereocenters. The van der Waals surface area contributed by atoms with Crippen molar-refractivity contribution in [3.8, 4) is 0 Å². The van der Waals surface area contributed by atoms with Gasteiger partial charge in [0.25, 0.3) is 0 Å². The smallest absolute Gasteiger partial charge is 0.224 e. The topological polar surface area (TPSA) is 78.9 Å². The van der Waals surface area contributed by atoms with Crippen LogP contribution >= 0.6 is 0 Å². The number of amides is 1. The lowest BCUT2D eigenvalue weighted by molar-refractivity contribution is -0.122. The Bertz CT molecular complexity index is 414. The Labute approximate surface area is 114 Å². The second-order valence-corrected chi connectivity index (χ2v) is 5.27. The van der Waals surface area contributed by atoms with Crippen LogP contribution in [-0.4, -0.2) is 34.5 Å². The van der Waals surface area contributed by atoms with Crippen molar-refractivity contribution in [3.63, 3.8) is 0 Å². The van der Waals surface area contributed by atoms with Crippen molar-refractivity contribution in [2.45, 2.75) is 39.7 Å². The highest BCUT2D eigenvalue weighted by molar-refractivity contribution is 5.77. The van der Waals surface area contributed by atoms with E-state index in [0.29, 0.717) is 18.9 Å². The summed E-state index contributed by atoms with van der Waals surface area (Å²) in [7, 11) is 0. The normalized spacial score (nSPS) is 10.9. The third-order valence-electron chi connectivity index (χ3n) is 2.16. The van der Waals surface area contributed by atoms with Gasteiger partial charge in [0.15, 0.2) is 0 Å². The number of nitrogens with one attached hydrogen (secondary N) is 3. The highest BCUT2D eigenvalue weighted by Gasteiger charge is 2.12. The van der Waals surface area contributed by atoms with Gasteiger partial charge >= 0.3 is 0 Å². The minimum absolute atomic E-state index is 0.0287. The van der Waals surface area contributed by atoms with Gasteiger partial charge in [-0.15, -0.1) is 0 Å². The number of hydrogen-bond acceptors (Lipinski definition) is 5. The van der Waals surface area contributed by atoms with E-state index >= 15 is 0 Å². The molecule has 0 aliphatic heterocycles. The molecule has 1 heterocycles. The fourth-order valence-electron chi connectivity index (χ4n) is 1.49. The quantitative estimate of drug-likeness (QED) is 0.728.